The van der Waals surface area contributed by atoms with E-state index >= 15 is 0 Å². The summed E-state index contributed by atoms with van der Waals surface area (Å²) in [6.07, 6.45) is 3.80. The molecule has 0 unspecified atom stereocenters. The van der Waals surface area contributed by atoms with Crippen molar-refractivity contribution in [3.8, 4) is 10.7 Å². The Bertz CT molecular complexity index is 888. The maximum atomic E-state index is 12.3. The fourth-order valence-electron chi connectivity index (χ4n) is 3.30. The highest BCUT2D eigenvalue weighted by molar-refractivity contribution is 7.99. The zero-order chi connectivity index (χ0) is 19.2. The molecule has 3 aromatic rings. The monoisotopic (exact) mass is 413 g/mol. The quantitative estimate of drug-likeness (QED) is 0.282. The van der Waals surface area contributed by atoms with E-state index in [0.717, 1.165) is 59.6 Å². The van der Waals surface area contributed by atoms with Crippen LogP contribution in [-0.4, -0.2) is 39.0 Å². The predicted molar refractivity (Wildman–Crippen MR) is 113 cm³/mol. The van der Waals surface area contributed by atoms with Crippen molar-refractivity contribution in [1.29, 1.82) is 0 Å². The topological polar surface area (TPSA) is 57.0 Å². The number of carbonyl (C=O) groups excluding carboxylic acids is 1. The van der Waals surface area contributed by atoms with Gasteiger partial charge >= 0.3 is 0 Å². The number of Topliss-reactive ketones (excluding diaryl/α,β-unsaturated/α-hetero) is 1. The number of hydrogen-bond acceptors (Lipinski definition) is 6. The van der Waals surface area contributed by atoms with Crippen molar-refractivity contribution in [1.82, 2.24) is 14.8 Å². The summed E-state index contributed by atoms with van der Waals surface area (Å²) < 4.78 is 8.02. The van der Waals surface area contributed by atoms with Crippen LogP contribution in [0.4, 0.5) is 0 Å². The van der Waals surface area contributed by atoms with Gasteiger partial charge in [0, 0.05) is 24.3 Å². The summed E-state index contributed by atoms with van der Waals surface area (Å²) >= 11 is 3.35. The number of ether oxygens (including phenoxy) is 1. The van der Waals surface area contributed by atoms with Gasteiger partial charge in [0.05, 0.1) is 17.5 Å². The minimum Gasteiger partial charge on any atom is -0.376 e. The Balaban J connectivity index is 1.39. The third kappa shape index (κ3) is 4.71. The summed E-state index contributed by atoms with van der Waals surface area (Å²) in [4.78, 5) is 13.4. The Kier molecular flexibility index (Phi) is 6.57. The molecule has 0 amide bonds. The lowest BCUT2D eigenvalue weighted by Crippen LogP contribution is -2.16. The molecule has 3 heterocycles. The van der Waals surface area contributed by atoms with Crippen LogP contribution in [0.1, 0.15) is 36.0 Å². The van der Waals surface area contributed by atoms with Crippen molar-refractivity contribution in [2.24, 2.45) is 0 Å². The number of nitrogens with zero attached hydrogens (tertiary/aromatic N) is 3. The second kappa shape index (κ2) is 9.49. The van der Waals surface area contributed by atoms with E-state index in [1.54, 1.807) is 23.1 Å². The van der Waals surface area contributed by atoms with Gasteiger partial charge < -0.3 is 4.74 Å². The number of thioether (sulfide) groups is 1. The number of aromatic nitrogens is 3. The third-order valence-corrected chi connectivity index (χ3v) is 6.66. The Labute approximate surface area is 173 Å². The summed E-state index contributed by atoms with van der Waals surface area (Å²) in [6, 6.07) is 13.6. The van der Waals surface area contributed by atoms with E-state index in [1.165, 1.54) is 0 Å². The number of hydrogen-bond donors (Lipinski definition) is 0. The standard InChI is InChI=1S/C21H23N3O2S2/c25-18(16-7-2-1-3-8-16)10-5-14-28-21-23-22-20(19-11-6-13-27-19)24(21)15-17-9-4-12-26-17/h1-3,6-8,11,13,17H,4-5,9-10,12,14-15H2/t17-/m1/s1. The maximum absolute atomic E-state index is 12.3. The van der Waals surface area contributed by atoms with Crippen LogP contribution in [-0.2, 0) is 11.3 Å². The molecule has 0 radical (unpaired) electrons. The fourth-order valence-corrected chi connectivity index (χ4v) is 4.91. The average molecular weight is 414 g/mol. The van der Waals surface area contributed by atoms with Crippen LogP contribution in [0.15, 0.2) is 53.0 Å². The molecule has 5 nitrogen and oxygen atoms in total. The molecule has 1 fully saturated rings. The molecule has 0 saturated carbocycles. The molecule has 0 bridgehead atoms. The van der Waals surface area contributed by atoms with Crippen LogP contribution in [0.5, 0.6) is 0 Å². The smallest absolute Gasteiger partial charge is 0.191 e. The minimum absolute atomic E-state index is 0.196. The lowest BCUT2D eigenvalue weighted by Gasteiger charge is -2.14. The highest BCUT2D eigenvalue weighted by atomic mass is 32.2. The SMILES string of the molecule is O=C(CCCSc1nnc(-c2cccs2)n1C[C@H]1CCCO1)c1ccccc1. The van der Waals surface area contributed by atoms with Gasteiger partial charge in [0.15, 0.2) is 16.8 Å². The number of thiophene rings is 1. The number of rotatable bonds is 9. The van der Waals surface area contributed by atoms with Gasteiger partial charge in [-0.1, -0.05) is 48.2 Å². The second-order valence-corrected chi connectivity index (χ2v) is 8.78. The normalized spacial score (nSPS) is 16.5. The van der Waals surface area contributed by atoms with E-state index in [9.17, 15) is 4.79 Å². The molecular formula is C21H23N3O2S2. The molecule has 4 rings (SSSR count). The van der Waals surface area contributed by atoms with E-state index in [0.29, 0.717) is 6.42 Å². The summed E-state index contributed by atoms with van der Waals surface area (Å²) in [6.45, 7) is 1.62. The number of ketones is 1. The lowest BCUT2D eigenvalue weighted by molar-refractivity contribution is 0.0953. The van der Waals surface area contributed by atoms with Crippen LogP contribution < -0.4 is 0 Å². The summed E-state index contributed by atoms with van der Waals surface area (Å²) in [5.74, 6) is 1.95. The maximum Gasteiger partial charge on any atom is 0.191 e. The lowest BCUT2D eigenvalue weighted by atomic mass is 10.1. The van der Waals surface area contributed by atoms with E-state index in [4.69, 9.17) is 4.74 Å². The molecule has 1 aliphatic heterocycles. The van der Waals surface area contributed by atoms with Crippen LogP contribution >= 0.6 is 23.1 Å². The molecule has 1 aliphatic rings. The summed E-state index contributed by atoms with van der Waals surface area (Å²) in [5, 5.41) is 11.8. The first-order valence-corrected chi connectivity index (χ1v) is 11.5. The molecule has 2 aromatic heterocycles. The molecule has 28 heavy (non-hydrogen) atoms. The van der Waals surface area contributed by atoms with Gasteiger partial charge in [0.2, 0.25) is 0 Å². The Morgan fingerprint density at radius 1 is 1.21 bits per heavy atom. The zero-order valence-corrected chi connectivity index (χ0v) is 17.3. The van der Waals surface area contributed by atoms with E-state index in [2.05, 4.69) is 26.2 Å². The molecule has 1 atom stereocenters. The van der Waals surface area contributed by atoms with Crippen molar-refractivity contribution in [2.45, 2.75) is 43.5 Å². The van der Waals surface area contributed by atoms with Crippen molar-refractivity contribution in [3.63, 3.8) is 0 Å². The largest absolute Gasteiger partial charge is 0.376 e. The molecule has 0 spiro atoms. The molecule has 0 N–H and O–H groups in total. The fraction of sp³-hybridized carbons (Fsp3) is 0.381. The van der Waals surface area contributed by atoms with Gasteiger partial charge in [-0.25, -0.2) is 0 Å². The van der Waals surface area contributed by atoms with E-state index < -0.39 is 0 Å². The van der Waals surface area contributed by atoms with Crippen LogP contribution in [0, 0.1) is 0 Å². The van der Waals surface area contributed by atoms with Crippen molar-refractivity contribution < 1.29 is 9.53 Å². The Hall–Kier alpha value is -1.96. The van der Waals surface area contributed by atoms with Gasteiger partial charge in [0.25, 0.3) is 0 Å². The van der Waals surface area contributed by atoms with Gasteiger partial charge in [-0.3, -0.25) is 9.36 Å². The molecular weight excluding hydrogens is 390 g/mol. The molecule has 146 valence electrons. The third-order valence-electron chi connectivity index (χ3n) is 4.74. The highest BCUT2D eigenvalue weighted by Crippen LogP contribution is 2.29. The van der Waals surface area contributed by atoms with Crippen molar-refractivity contribution >= 4 is 28.9 Å². The van der Waals surface area contributed by atoms with Crippen LogP contribution in [0.2, 0.25) is 0 Å². The molecule has 1 aromatic carbocycles. The second-order valence-electron chi connectivity index (χ2n) is 6.77. The minimum atomic E-state index is 0.196. The highest BCUT2D eigenvalue weighted by Gasteiger charge is 2.22. The van der Waals surface area contributed by atoms with Crippen LogP contribution in [0.25, 0.3) is 10.7 Å². The zero-order valence-electron chi connectivity index (χ0n) is 15.6. The van der Waals surface area contributed by atoms with Crippen molar-refractivity contribution in [3.05, 3.63) is 53.4 Å². The van der Waals surface area contributed by atoms with Crippen LogP contribution in [0.3, 0.4) is 0 Å². The summed E-state index contributed by atoms with van der Waals surface area (Å²) in [5.41, 5.74) is 0.786. The van der Waals surface area contributed by atoms with E-state index in [-0.39, 0.29) is 11.9 Å². The van der Waals surface area contributed by atoms with Gasteiger partial charge in [-0.2, -0.15) is 0 Å². The summed E-state index contributed by atoms with van der Waals surface area (Å²) in [7, 11) is 0. The Morgan fingerprint density at radius 3 is 2.86 bits per heavy atom. The van der Waals surface area contributed by atoms with Gasteiger partial charge in [-0.15, -0.1) is 21.5 Å². The predicted octanol–water partition coefficient (Wildman–Crippen LogP) is 4.94. The van der Waals surface area contributed by atoms with Gasteiger partial charge in [0.1, 0.15) is 0 Å². The first-order valence-electron chi connectivity index (χ1n) is 9.61. The first kappa shape index (κ1) is 19.4. The van der Waals surface area contributed by atoms with Crippen molar-refractivity contribution in [2.75, 3.05) is 12.4 Å². The molecule has 1 saturated heterocycles. The molecule has 7 heteroatoms. The Morgan fingerprint density at radius 2 is 2.11 bits per heavy atom. The van der Waals surface area contributed by atoms with E-state index in [1.807, 2.05) is 36.4 Å². The molecule has 0 aliphatic carbocycles. The van der Waals surface area contributed by atoms with Gasteiger partial charge in [-0.05, 0) is 30.7 Å². The first-order chi connectivity index (χ1) is 13.8. The number of benzene rings is 1. The number of carbonyl (C=O) groups is 1. The average Bonchev–Trinajstić information content (AvgIpc) is 3.49.